The molecule has 1 saturated heterocycles. The molecule has 5 rings (SSSR count). The van der Waals surface area contributed by atoms with Crippen LogP contribution in [0.2, 0.25) is 0 Å². The number of fused-ring (bicyclic) bond motifs is 1. The molecule has 3 heterocycles. The number of carbonyl (C=O) groups is 1. The number of amides is 1. The Kier molecular flexibility index (Phi) is 5.33. The first kappa shape index (κ1) is 21.1. The third kappa shape index (κ3) is 5.24. The lowest BCUT2D eigenvalue weighted by Crippen LogP contribution is -2.64. The van der Waals surface area contributed by atoms with E-state index in [4.69, 9.17) is 11.6 Å². The molecule has 40 heavy (non-hydrogen) atoms. The van der Waals surface area contributed by atoms with Gasteiger partial charge in [-0.15, -0.1) is 0 Å². The van der Waals surface area contributed by atoms with E-state index >= 15 is 0 Å². The third-order valence-corrected chi connectivity index (χ3v) is 6.41. The Bertz CT molecular complexity index is 1760. The summed E-state index contributed by atoms with van der Waals surface area (Å²) >= 11 is 0. The molecule has 1 aliphatic rings. The predicted octanol–water partition coefficient (Wildman–Crippen LogP) is 5.22. The van der Waals surface area contributed by atoms with E-state index in [1.807, 2.05) is 0 Å². The Hall–Kier alpha value is -4.75. The van der Waals surface area contributed by atoms with Crippen LogP contribution in [0.5, 0.6) is 5.75 Å². The van der Waals surface area contributed by atoms with Crippen molar-refractivity contribution in [3.8, 4) is 5.75 Å². The fourth-order valence-electron chi connectivity index (χ4n) is 4.38. The van der Waals surface area contributed by atoms with Crippen molar-refractivity contribution < 1.29 is 38.9 Å². The van der Waals surface area contributed by atoms with Gasteiger partial charge in [-0.1, -0.05) is 19.0 Å². The number of hydrogen-bond donors (Lipinski definition) is 1. The lowest BCUT2D eigenvalue weighted by molar-refractivity contribution is -0.384. The van der Waals surface area contributed by atoms with Gasteiger partial charge in [-0.2, -0.15) is 22.8 Å². The largest absolute Gasteiger partial charge is 0.435 e. The van der Waals surface area contributed by atoms with Gasteiger partial charge in [0.1, 0.15) is 17.4 Å². The molecule has 2 aromatic heterocycles. The second-order valence-electron chi connectivity index (χ2n) is 9.06. The zero-order valence-corrected chi connectivity index (χ0v) is 20.3. The molecule has 1 N–H and O–H groups in total. The van der Waals surface area contributed by atoms with Gasteiger partial charge >= 0.3 is 12.3 Å². The molecule has 2 aromatic carbocycles. The van der Waals surface area contributed by atoms with E-state index < -0.39 is 58.7 Å². The van der Waals surface area contributed by atoms with Crippen molar-refractivity contribution in [1.29, 1.82) is 0 Å². The van der Waals surface area contributed by atoms with Crippen molar-refractivity contribution in [1.82, 2.24) is 19.5 Å². The maximum atomic E-state index is 13.8. The summed E-state index contributed by atoms with van der Waals surface area (Å²) in [4.78, 5) is 28.2. The van der Waals surface area contributed by atoms with Crippen molar-refractivity contribution in [3.63, 3.8) is 0 Å². The van der Waals surface area contributed by atoms with Crippen molar-refractivity contribution in [3.05, 3.63) is 93.5 Å². The Morgan fingerprint density at radius 1 is 1.20 bits per heavy atom. The van der Waals surface area contributed by atoms with Crippen LogP contribution >= 0.6 is 0 Å². The Morgan fingerprint density at radius 3 is 2.52 bits per heavy atom. The summed E-state index contributed by atoms with van der Waals surface area (Å²) in [5, 5.41) is 17.3. The molecular weight excluding hydrogens is 536 g/mol. The SMILES string of the molecule is [2H]C([2H])([2H])C([2H])([2H])c1cc(NCC2(c3ccc(F)cc3)CN(C(=O)Oc3ccc([N+](=O)[O-])cc3)C2)n2nc(C(F)(F)F)cc2n1. The third-order valence-electron chi connectivity index (χ3n) is 6.41. The lowest BCUT2D eigenvalue weighted by atomic mass is 9.73. The molecule has 1 fully saturated rings. The van der Waals surface area contributed by atoms with Crippen LogP contribution in [0.1, 0.15) is 30.7 Å². The van der Waals surface area contributed by atoms with Crippen LogP contribution < -0.4 is 10.1 Å². The normalized spacial score (nSPS) is 17.1. The highest BCUT2D eigenvalue weighted by atomic mass is 19.4. The first-order valence-electron chi connectivity index (χ1n) is 14.1. The van der Waals surface area contributed by atoms with Crippen molar-refractivity contribution in [2.24, 2.45) is 0 Å². The number of nitro benzene ring substituents is 1. The van der Waals surface area contributed by atoms with Crippen molar-refractivity contribution >= 4 is 23.2 Å². The minimum atomic E-state index is -4.89. The molecule has 0 unspecified atom stereocenters. The van der Waals surface area contributed by atoms with Gasteiger partial charge in [0.2, 0.25) is 0 Å². The van der Waals surface area contributed by atoms with Crippen LogP contribution in [0.25, 0.3) is 5.65 Å². The number of anilines is 1. The van der Waals surface area contributed by atoms with Crippen LogP contribution in [0.4, 0.5) is 33.9 Å². The minimum Gasteiger partial charge on any atom is -0.410 e. The second-order valence-corrected chi connectivity index (χ2v) is 9.06. The molecule has 10 nitrogen and oxygen atoms in total. The molecule has 0 bridgehead atoms. The van der Waals surface area contributed by atoms with Crippen molar-refractivity contribution in [2.45, 2.75) is 24.8 Å². The number of nitro groups is 1. The number of aryl methyl sites for hydroxylation is 1. The van der Waals surface area contributed by atoms with Gasteiger partial charge in [0.05, 0.1) is 4.92 Å². The molecule has 1 aliphatic heterocycles. The maximum absolute atomic E-state index is 13.8. The highest BCUT2D eigenvalue weighted by Crippen LogP contribution is 2.36. The summed E-state index contributed by atoms with van der Waals surface area (Å²) in [6, 6.07) is 11.6. The predicted molar refractivity (Wildman–Crippen MR) is 135 cm³/mol. The number of benzene rings is 2. The molecule has 14 heteroatoms. The number of hydrogen-bond acceptors (Lipinski definition) is 7. The van der Waals surface area contributed by atoms with E-state index in [0.29, 0.717) is 11.6 Å². The van der Waals surface area contributed by atoms with E-state index in [1.165, 1.54) is 41.3 Å². The lowest BCUT2D eigenvalue weighted by Gasteiger charge is -2.50. The highest BCUT2D eigenvalue weighted by Gasteiger charge is 2.47. The Labute approximate surface area is 231 Å². The van der Waals surface area contributed by atoms with Crippen LogP contribution in [-0.2, 0) is 18.0 Å². The number of ether oxygens (including phenoxy) is 1. The zero-order valence-electron chi connectivity index (χ0n) is 25.3. The molecule has 0 aliphatic carbocycles. The summed E-state index contributed by atoms with van der Waals surface area (Å²) in [6.45, 7) is -3.38. The number of carbonyl (C=O) groups excluding carboxylic acids is 1. The topological polar surface area (TPSA) is 115 Å². The molecule has 1 amide bonds. The first-order valence-corrected chi connectivity index (χ1v) is 11.6. The number of halogens is 4. The molecule has 0 saturated carbocycles. The van der Waals surface area contributed by atoms with Gasteiger partial charge < -0.3 is 15.0 Å². The quantitative estimate of drug-likeness (QED) is 0.186. The van der Waals surface area contributed by atoms with Crippen LogP contribution in [-0.4, -0.2) is 50.1 Å². The van der Waals surface area contributed by atoms with Gasteiger partial charge in [-0.25, -0.2) is 14.2 Å². The van der Waals surface area contributed by atoms with Crippen LogP contribution in [0.15, 0.2) is 60.7 Å². The maximum Gasteiger partial charge on any atom is 0.435 e. The van der Waals surface area contributed by atoms with E-state index in [2.05, 4.69) is 15.4 Å². The van der Waals surface area contributed by atoms with E-state index in [0.717, 1.165) is 22.7 Å². The highest BCUT2D eigenvalue weighted by molar-refractivity contribution is 5.73. The average molecular weight is 564 g/mol. The average Bonchev–Trinajstić information content (AvgIpc) is 3.38. The molecule has 0 radical (unpaired) electrons. The van der Waals surface area contributed by atoms with E-state index in [1.54, 1.807) is 0 Å². The standard InChI is InChI=1S/C26H22F4N6O4/c1-2-18-11-22(35-23(32-18)12-21(33-35)26(28,29)30)31-13-25(16-3-5-17(27)6-4-16)14-34(15-25)24(37)40-20-9-7-19(8-10-20)36(38)39/h3-12,31H,2,13-15H2,1H3/i1D3,2D2. The van der Waals surface area contributed by atoms with Crippen LogP contribution in [0.3, 0.4) is 0 Å². The van der Waals surface area contributed by atoms with Gasteiger partial charge in [0, 0.05) is 61.9 Å². The Morgan fingerprint density at radius 2 is 1.90 bits per heavy atom. The number of rotatable bonds is 7. The fraction of sp³-hybridized carbons (Fsp3) is 0.269. The second kappa shape index (κ2) is 10.1. The number of alkyl halides is 3. The number of likely N-dealkylation sites (tertiary alicyclic amines) is 1. The molecule has 0 spiro atoms. The summed E-state index contributed by atoms with van der Waals surface area (Å²) in [5.74, 6) is -0.719. The van der Waals surface area contributed by atoms with Gasteiger partial charge in [0.15, 0.2) is 11.3 Å². The summed E-state index contributed by atoms with van der Waals surface area (Å²) in [5.41, 5.74) is -3.12. The number of nitrogens with zero attached hydrogens (tertiary/aromatic N) is 5. The summed E-state index contributed by atoms with van der Waals surface area (Å²) < 4.78 is 99.3. The molecular formula is C26H22F4N6O4. The number of nitrogens with one attached hydrogen (secondary N) is 1. The van der Waals surface area contributed by atoms with Gasteiger partial charge in [-0.05, 0) is 36.2 Å². The van der Waals surface area contributed by atoms with E-state index in [-0.39, 0.29) is 36.9 Å². The first-order chi connectivity index (χ1) is 20.9. The summed E-state index contributed by atoms with van der Waals surface area (Å²) in [7, 11) is 0. The Balaban J connectivity index is 1.45. The number of aromatic nitrogens is 3. The van der Waals surface area contributed by atoms with Crippen molar-refractivity contribution in [2.75, 3.05) is 25.0 Å². The summed E-state index contributed by atoms with van der Waals surface area (Å²) in [6.07, 6.45) is -8.73. The smallest absolute Gasteiger partial charge is 0.410 e. The fourth-order valence-corrected chi connectivity index (χ4v) is 4.38. The van der Waals surface area contributed by atoms with E-state index in [9.17, 15) is 32.5 Å². The minimum absolute atomic E-state index is 0.0263. The molecule has 0 atom stereocenters. The number of non-ortho nitro benzene ring substituents is 1. The van der Waals surface area contributed by atoms with Gasteiger partial charge in [0.25, 0.3) is 5.69 Å². The van der Waals surface area contributed by atoms with Crippen LogP contribution in [0, 0.1) is 15.9 Å². The monoisotopic (exact) mass is 563 g/mol. The van der Waals surface area contributed by atoms with Gasteiger partial charge in [-0.3, -0.25) is 10.1 Å². The molecule has 4 aromatic rings. The molecule has 208 valence electrons. The zero-order chi connectivity index (χ0) is 32.9.